The van der Waals surface area contributed by atoms with Crippen molar-refractivity contribution in [1.82, 2.24) is 15.1 Å². The van der Waals surface area contributed by atoms with Crippen molar-refractivity contribution in [3.63, 3.8) is 0 Å². The summed E-state index contributed by atoms with van der Waals surface area (Å²) in [5, 5.41) is 17.0. The van der Waals surface area contributed by atoms with Gasteiger partial charge in [-0.1, -0.05) is 13.8 Å². The lowest BCUT2D eigenvalue weighted by atomic mass is 10.1. The van der Waals surface area contributed by atoms with Gasteiger partial charge in [-0.05, 0) is 31.4 Å². The van der Waals surface area contributed by atoms with Gasteiger partial charge in [0.15, 0.2) is 0 Å². The van der Waals surface area contributed by atoms with Crippen molar-refractivity contribution >= 4 is 0 Å². The highest BCUT2D eigenvalue weighted by Gasteiger charge is 2.04. The Hall–Kier alpha value is -0.870. The number of rotatable bonds is 8. The lowest BCUT2D eigenvalue weighted by molar-refractivity contribution is 0.147. The molecule has 4 nitrogen and oxygen atoms in total. The van der Waals surface area contributed by atoms with E-state index in [2.05, 4.69) is 24.3 Å². The zero-order valence-electron chi connectivity index (χ0n) is 10.3. The summed E-state index contributed by atoms with van der Waals surface area (Å²) in [5.41, 5.74) is 0. The van der Waals surface area contributed by atoms with E-state index < -0.39 is 0 Å². The number of nitrogens with one attached hydrogen (secondary N) is 1. The number of aromatic nitrogens is 2. The van der Waals surface area contributed by atoms with Crippen LogP contribution >= 0.6 is 0 Å². The molecule has 2 N–H and O–H groups in total. The molecule has 1 heterocycles. The fraction of sp³-hybridized carbons (Fsp3) is 0.750. The van der Waals surface area contributed by atoms with Crippen molar-refractivity contribution in [3.8, 4) is 0 Å². The lowest BCUT2D eigenvalue weighted by Crippen LogP contribution is -2.31. The molecule has 1 aromatic rings. The highest BCUT2D eigenvalue weighted by Crippen LogP contribution is 2.01. The number of aliphatic hydroxyl groups is 1. The van der Waals surface area contributed by atoms with Crippen molar-refractivity contribution in [2.75, 3.05) is 13.1 Å². The van der Waals surface area contributed by atoms with E-state index in [1.165, 1.54) is 12.8 Å². The van der Waals surface area contributed by atoms with Gasteiger partial charge in [0.05, 0.1) is 12.6 Å². The Kier molecular flexibility index (Phi) is 6.11. The maximum atomic E-state index is 9.71. The molecule has 0 fully saturated rings. The van der Waals surface area contributed by atoms with Crippen LogP contribution in [0.4, 0.5) is 0 Å². The summed E-state index contributed by atoms with van der Waals surface area (Å²) in [5.74, 6) is 0.760. The maximum absolute atomic E-state index is 9.71. The molecule has 0 aliphatic rings. The van der Waals surface area contributed by atoms with Crippen molar-refractivity contribution in [3.05, 3.63) is 18.5 Å². The van der Waals surface area contributed by atoms with Crippen LogP contribution < -0.4 is 5.32 Å². The predicted molar refractivity (Wildman–Crippen MR) is 65.2 cm³/mol. The molecule has 0 bridgehead atoms. The molecule has 1 rings (SSSR count). The second kappa shape index (κ2) is 7.41. The van der Waals surface area contributed by atoms with Crippen molar-refractivity contribution in [2.24, 2.45) is 5.92 Å². The minimum atomic E-state index is -0.362. The average Bonchev–Trinajstić information content (AvgIpc) is 2.69. The fourth-order valence-electron chi connectivity index (χ4n) is 1.59. The first-order valence-corrected chi connectivity index (χ1v) is 6.04. The van der Waals surface area contributed by atoms with Gasteiger partial charge in [-0.15, -0.1) is 0 Å². The quantitative estimate of drug-likeness (QED) is 0.655. The molecule has 0 aliphatic carbocycles. The lowest BCUT2D eigenvalue weighted by Gasteiger charge is -2.12. The SMILES string of the molecule is CC(C)CCCNCC(O)Cn1cccn1. The molecular weight excluding hydrogens is 202 g/mol. The average molecular weight is 225 g/mol. The van der Waals surface area contributed by atoms with Crippen molar-refractivity contribution in [2.45, 2.75) is 39.3 Å². The minimum Gasteiger partial charge on any atom is -0.390 e. The molecule has 92 valence electrons. The Morgan fingerprint density at radius 1 is 1.44 bits per heavy atom. The Balaban J connectivity index is 2.00. The molecule has 1 atom stereocenters. The molecule has 1 aromatic heterocycles. The van der Waals surface area contributed by atoms with E-state index in [0.29, 0.717) is 13.1 Å². The standard InChI is InChI=1S/C12H23N3O/c1-11(2)5-3-6-13-9-12(16)10-15-8-4-7-14-15/h4,7-8,11-13,16H,3,5-6,9-10H2,1-2H3. The van der Waals surface area contributed by atoms with Gasteiger partial charge in [-0.2, -0.15) is 5.10 Å². The first kappa shape index (κ1) is 13.2. The zero-order chi connectivity index (χ0) is 11.8. The van der Waals surface area contributed by atoms with Crippen LogP contribution in [0.5, 0.6) is 0 Å². The fourth-order valence-corrected chi connectivity index (χ4v) is 1.59. The molecule has 0 aliphatic heterocycles. The molecule has 0 amide bonds. The predicted octanol–water partition coefficient (Wildman–Crippen LogP) is 1.27. The van der Waals surface area contributed by atoms with E-state index in [1.807, 2.05) is 12.3 Å². The Bertz CT molecular complexity index is 259. The summed E-state index contributed by atoms with van der Waals surface area (Å²) in [6, 6.07) is 1.86. The monoisotopic (exact) mass is 225 g/mol. The van der Waals surface area contributed by atoms with Gasteiger partial charge in [-0.25, -0.2) is 0 Å². The minimum absolute atomic E-state index is 0.362. The number of hydrogen-bond acceptors (Lipinski definition) is 3. The summed E-state index contributed by atoms with van der Waals surface area (Å²) in [4.78, 5) is 0. The van der Waals surface area contributed by atoms with E-state index >= 15 is 0 Å². The van der Waals surface area contributed by atoms with Crippen LogP contribution in [0.15, 0.2) is 18.5 Å². The van der Waals surface area contributed by atoms with Gasteiger partial charge in [0.2, 0.25) is 0 Å². The highest BCUT2D eigenvalue weighted by atomic mass is 16.3. The Morgan fingerprint density at radius 3 is 2.88 bits per heavy atom. The Morgan fingerprint density at radius 2 is 2.25 bits per heavy atom. The largest absolute Gasteiger partial charge is 0.390 e. The van der Waals surface area contributed by atoms with Gasteiger partial charge in [0.25, 0.3) is 0 Å². The molecule has 0 saturated heterocycles. The van der Waals surface area contributed by atoms with E-state index in [-0.39, 0.29) is 6.10 Å². The van der Waals surface area contributed by atoms with Gasteiger partial charge in [0.1, 0.15) is 0 Å². The highest BCUT2D eigenvalue weighted by molar-refractivity contribution is 4.78. The van der Waals surface area contributed by atoms with Crippen LogP contribution in [0.1, 0.15) is 26.7 Å². The van der Waals surface area contributed by atoms with E-state index in [4.69, 9.17) is 0 Å². The van der Waals surface area contributed by atoms with Crippen LogP contribution in [0.25, 0.3) is 0 Å². The summed E-state index contributed by atoms with van der Waals surface area (Å²) in [7, 11) is 0. The number of nitrogens with zero attached hydrogens (tertiary/aromatic N) is 2. The maximum Gasteiger partial charge on any atom is 0.0860 e. The van der Waals surface area contributed by atoms with Crippen LogP contribution in [0.2, 0.25) is 0 Å². The summed E-state index contributed by atoms with van der Waals surface area (Å²) >= 11 is 0. The molecule has 0 radical (unpaired) electrons. The summed E-state index contributed by atoms with van der Waals surface area (Å²) in [6.45, 7) is 6.63. The molecule has 0 spiro atoms. The van der Waals surface area contributed by atoms with Crippen molar-refractivity contribution in [1.29, 1.82) is 0 Å². The van der Waals surface area contributed by atoms with Gasteiger partial charge in [-0.3, -0.25) is 4.68 Å². The topological polar surface area (TPSA) is 50.1 Å². The number of aliphatic hydroxyl groups excluding tert-OH is 1. The molecular formula is C12H23N3O. The van der Waals surface area contributed by atoms with Crippen molar-refractivity contribution < 1.29 is 5.11 Å². The van der Waals surface area contributed by atoms with Crippen LogP contribution in [-0.4, -0.2) is 34.1 Å². The van der Waals surface area contributed by atoms with Gasteiger partial charge < -0.3 is 10.4 Å². The normalized spacial score (nSPS) is 13.2. The van der Waals surface area contributed by atoms with E-state index in [0.717, 1.165) is 12.5 Å². The van der Waals surface area contributed by atoms with Gasteiger partial charge in [0, 0.05) is 18.9 Å². The summed E-state index contributed by atoms with van der Waals surface area (Å²) in [6.07, 6.45) is 5.64. The third-order valence-electron chi connectivity index (χ3n) is 2.47. The smallest absolute Gasteiger partial charge is 0.0860 e. The summed E-state index contributed by atoms with van der Waals surface area (Å²) < 4.78 is 1.75. The number of hydrogen-bond donors (Lipinski definition) is 2. The van der Waals surface area contributed by atoms with Crippen LogP contribution in [-0.2, 0) is 6.54 Å². The zero-order valence-corrected chi connectivity index (χ0v) is 10.3. The second-order valence-corrected chi connectivity index (χ2v) is 4.62. The Labute approximate surface area is 97.7 Å². The van der Waals surface area contributed by atoms with E-state index in [9.17, 15) is 5.11 Å². The second-order valence-electron chi connectivity index (χ2n) is 4.62. The van der Waals surface area contributed by atoms with Crippen LogP contribution in [0.3, 0.4) is 0 Å². The van der Waals surface area contributed by atoms with Crippen LogP contribution in [0, 0.1) is 5.92 Å². The molecule has 1 unspecified atom stereocenters. The molecule has 0 aromatic carbocycles. The third kappa shape index (κ3) is 5.88. The van der Waals surface area contributed by atoms with Gasteiger partial charge >= 0.3 is 0 Å². The molecule has 4 heteroatoms. The van der Waals surface area contributed by atoms with E-state index in [1.54, 1.807) is 10.9 Å². The third-order valence-corrected chi connectivity index (χ3v) is 2.47. The first-order chi connectivity index (χ1) is 7.68. The molecule has 16 heavy (non-hydrogen) atoms. The first-order valence-electron chi connectivity index (χ1n) is 6.04. The molecule has 0 saturated carbocycles.